The smallest absolute Gasteiger partial charge is 0.302 e. The zero-order valence-electron chi connectivity index (χ0n) is 15.8. The molecule has 1 heterocycles. The van der Waals surface area contributed by atoms with Gasteiger partial charge in [0.1, 0.15) is 18.9 Å². The van der Waals surface area contributed by atoms with E-state index in [1.165, 1.54) is 23.8 Å². The molecule has 2 amide bonds. The van der Waals surface area contributed by atoms with E-state index in [9.17, 15) is 14.4 Å². The standard InChI is InChI=1S/C20H18Cl2N2O5/c1-12(25)28-10-14-15(21)7-8-16(19(14)22)23(2)18(26)9-24-11-29-17-6-4-3-5-13(17)20(24)27/h3-8H,9-11H2,1-2H3. The fourth-order valence-corrected chi connectivity index (χ4v) is 3.42. The van der Waals surface area contributed by atoms with Gasteiger partial charge in [-0.25, -0.2) is 0 Å². The number of halogens is 2. The molecule has 0 bridgehead atoms. The van der Waals surface area contributed by atoms with Crippen molar-refractivity contribution in [1.82, 2.24) is 4.90 Å². The number of nitrogens with zero attached hydrogens (tertiary/aromatic N) is 2. The predicted molar refractivity (Wildman–Crippen MR) is 108 cm³/mol. The first-order valence-corrected chi connectivity index (χ1v) is 9.43. The summed E-state index contributed by atoms with van der Waals surface area (Å²) in [6.07, 6.45) is 0. The van der Waals surface area contributed by atoms with Crippen LogP contribution in [0.5, 0.6) is 5.75 Å². The molecule has 0 atom stereocenters. The Kier molecular flexibility index (Phi) is 6.30. The van der Waals surface area contributed by atoms with Crippen LogP contribution in [0.3, 0.4) is 0 Å². The molecule has 7 nitrogen and oxygen atoms in total. The maximum absolute atomic E-state index is 12.8. The number of carbonyl (C=O) groups is 3. The van der Waals surface area contributed by atoms with Gasteiger partial charge >= 0.3 is 5.97 Å². The zero-order chi connectivity index (χ0) is 21.1. The van der Waals surface area contributed by atoms with E-state index in [1.54, 1.807) is 36.4 Å². The van der Waals surface area contributed by atoms with Crippen molar-refractivity contribution < 1.29 is 23.9 Å². The van der Waals surface area contributed by atoms with Crippen LogP contribution in [-0.2, 0) is 20.9 Å². The van der Waals surface area contributed by atoms with Gasteiger partial charge in [0.2, 0.25) is 5.91 Å². The highest BCUT2D eigenvalue weighted by Gasteiger charge is 2.28. The molecule has 0 fully saturated rings. The van der Waals surface area contributed by atoms with Crippen LogP contribution in [0, 0.1) is 0 Å². The van der Waals surface area contributed by atoms with E-state index in [0.717, 1.165) is 0 Å². The Morgan fingerprint density at radius 1 is 1.21 bits per heavy atom. The van der Waals surface area contributed by atoms with Crippen LogP contribution in [0.2, 0.25) is 10.0 Å². The quantitative estimate of drug-likeness (QED) is 0.670. The van der Waals surface area contributed by atoms with Crippen LogP contribution >= 0.6 is 23.2 Å². The molecule has 0 radical (unpaired) electrons. The second-order valence-electron chi connectivity index (χ2n) is 6.36. The van der Waals surface area contributed by atoms with Gasteiger partial charge < -0.3 is 14.4 Å². The Morgan fingerprint density at radius 2 is 1.93 bits per heavy atom. The fraction of sp³-hybridized carbons (Fsp3) is 0.250. The minimum atomic E-state index is -0.476. The summed E-state index contributed by atoms with van der Waals surface area (Å²) in [5.41, 5.74) is 1.18. The largest absolute Gasteiger partial charge is 0.472 e. The van der Waals surface area contributed by atoms with Crippen LogP contribution in [0.4, 0.5) is 5.69 Å². The van der Waals surface area contributed by atoms with Gasteiger partial charge in [-0.2, -0.15) is 0 Å². The lowest BCUT2D eigenvalue weighted by molar-refractivity contribution is -0.142. The molecule has 29 heavy (non-hydrogen) atoms. The van der Waals surface area contributed by atoms with Crippen molar-refractivity contribution in [2.45, 2.75) is 13.5 Å². The molecule has 2 aromatic carbocycles. The first kappa shape index (κ1) is 21.0. The Balaban J connectivity index is 1.76. The zero-order valence-corrected chi connectivity index (χ0v) is 17.3. The molecular weight excluding hydrogens is 419 g/mol. The highest BCUT2D eigenvalue weighted by atomic mass is 35.5. The number of carbonyl (C=O) groups excluding carboxylic acids is 3. The molecule has 2 aromatic rings. The van der Waals surface area contributed by atoms with Crippen LogP contribution in [0.25, 0.3) is 0 Å². The maximum atomic E-state index is 12.8. The van der Waals surface area contributed by atoms with E-state index in [1.807, 2.05) is 0 Å². The van der Waals surface area contributed by atoms with Crippen molar-refractivity contribution in [3.63, 3.8) is 0 Å². The van der Waals surface area contributed by atoms with Crippen molar-refractivity contribution in [2.75, 3.05) is 25.2 Å². The number of anilines is 1. The van der Waals surface area contributed by atoms with E-state index >= 15 is 0 Å². The number of fused-ring (bicyclic) bond motifs is 1. The third kappa shape index (κ3) is 4.46. The Labute approximate surface area is 177 Å². The van der Waals surface area contributed by atoms with Crippen molar-refractivity contribution in [3.8, 4) is 5.75 Å². The lowest BCUT2D eigenvalue weighted by atomic mass is 10.1. The first-order valence-electron chi connectivity index (χ1n) is 8.67. The van der Waals surface area contributed by atoms with Gasteiger partial charge in [-0.3, -0.25) is 19.3 Å². The number of hydrogen-bond donors (Lipinski definition) is 0. The summed E-state index contributed by atoms with van der Waals surface area (Å²) in [4.78, 5) is 39.1. The molecule has 0 N–H and O–H groups in total. The van der Waals surface area contributed by atoms with Gasteiger partial charge in [0.05, 0.1) is 16.3 Å². The number of likely N-dealkylation sites (N-methyl/N-ethyl adjacent to an activating group) is 1. The SMILES string of the molecule is CC(=O)OCc1c(Cl)ccc(N(C)C(=O)CN2COc3ccccc3C2=O)c1Cl. The minimum Gasteiger partial charge on any atom is -0.472 e. The lowest BCUT2D eigenvalue weighted by Gasteiger charge is -2.30. The molecule has 0 spiro atoms. The Morgan fingerprint density at radius 3 is 2.66 bits per heavy atom. The number of rotatable bonds is 5. The van der Waals surface area contributed by atoms with E-state index in [-0.39, 0.29) is 36.7 Å². The monoisotopic (exact) mass is 436 g/mol. The maximum Gasteiger partial charge on any atom is 0.302 e. The van der Waals surface area contributed by atoms with Crippen LogP contribution < -0.4 is 9.64 Å². The minimum absolute atomic E-state index is 0.0263. The first-order chi connectivity index (χ1) is 13.8. The van der Waals surface area contributed by atoms with Crippen molar-refractivity contribution in [1.29, 1.82) is 0 Å². The van der Waals surface area contributed by atoms with E-state index in [4.69, 9.17) is 32.7 Å². The van der Waals surface area contributed by atoms with Crippen LogP contribution in [-0.4, -0.2) is 43.0 Å². The topological polar surface area (TPSA) is 76.2 Å². The molecule has 0 saturated carbocycles. The van der Waals surface area contributed by atoms with E-state index < -0.39 is 5.97 Å². The summed E-state index contributed by atoms with van der Waals surface area (Å²) >= 11 is 12.5. The second kappa shape index (κ2) is 8.71. The highest BCUT2D eigenvalue weighted by molar-refractivity contribution is 6.38. The lowest BCUT2D eigenvalue weighted by Crippen LogP contribution is -2.45. The van der Waals surface area contributed by atoms with E-state index in [2.05, 4.69) is 0 Å². The average molecular weight is 437 g/mol. The number of amides is 2. The summed E-state index contributed by atoms with van der Waals surface area (Å²) in [6, 6.07) is 10.0. The van der Waals surface area contributed by atoms with Crippen molar-refractivity contribution >= 4 is 46.7 Å². The normalized spacial score (nSPS) is 12.8. The Hall–Kier alpha value is -2.77. The predicted octanol–water partition coefficient (Wildman–Crippen LogP) is 3.51. The number of hydrogen-bond acceptors (Lipinski definition) is 5. The molecule has 0 aromatic heterocycles. The summed E-state index contributed by atoms with van der Waals surface area (Å²) in [6.45, 7) is 0.943. The van der Waals surface area contributed by atoms with E-state index in [0.29, 0.717) is 27.6 Å². The average Bonchev–Trinajstić information content (AvgIpc) is 2.69. The van der Waals surface area contributed by atoms with Gasteiger partial charge in [-0.05, 0) is 24.3 Å². The molecule has 9 heteroatoms. The number of benzene rings is 2. The molecular formula is C20H18Cl2N2O5. The molecule has 3 rings (SSSR count). The van der Waals surface area contributed by atoms with Crippen molar-refractivity contribution in [3.05, 3.63) is 57.6 Å². The van der Waals surface area contributed by atoms with Gasteiger partial charge in [0, 0.05) is 24.6 Å². The van der Waals surface area contributed by atoms with Gasteiger partial charge in [0.15, 0.2) is 6.73 Å². The summed E-state index contributed by atoms with van der Waals surface area (Å²) < 4.78 is 10.5. The molecule has 0 aliphatic carbocycles. The molecule has 1 aliphatic rings. The molecule has 152 valence electrons. The molecule has 0 unspecified atom stereocenters. The third-order valence-corrected chi connectivity index (χ3v) is 5.20. The molecule has 1 aliphatic heterocycles. The molecule has 0 saturated heterocycles. The van der Waals surface area contributed by atoms with Crippen LogP contribution in [0.1, 0.15) is 22.8 Å². The second-order valence-corrected chi connectivity index (χ2v) is 7.15. The summed E-state index contributed by atoms with van der Waals surface area (Å²) in [5, 5.41) is 0.512. The number of esters is 1. The van der Waals surface area contributed by atoms with Crippen molar-refractivity contribution in [2.24, 2.45) is 0 Å². The third-order valence-electron chi connectivity index (χ3n) is 4.43. The van der Waals surface area contributed by atoms with Gasteiger partial charge in [-0.15, -0.1) is 0 Å². The van der Waals surface area contributed by atoms with Crippen LogP contribution in [0.15, 0.2) is 36.4 Å². The summed E-state index contributed by atoms with van der Waals surface area (Å²) in [7, 11) is 1.54. The highest BCUT2D eigenvalue weighted by Crippen LogP contribution is 2.34. The Bertz CT molecular complexity index is 979. The number of para-hydroxylation sites is 1. The summed E-state index contributed by atoms with van der Waals surface area (Å²) in [5.74, 6) is -0.642. The fourth-order valence-electron chi connectivity index (χ4n) is 2.82. The van der Waals surface area contributed by atoms with Gasteiger partial charge in [0.25, 0.3) is 5.91 Å². The van der Waals surface area contributed by atoms with Gasteiger partial charge in [-0.1, -0.05) is 35.3 Å². The number of ether oxygens (including phenoxy) is 2.